The first-order valence-electron chi connectivity index (χ1n) is 7.37. The third kappa shape index (κ3) is 5.38. The van der Waals surface area contributed by atoms with Crippen LogP contribution in [0.25, 0.3) is 0 Å². The van der Waals surface area contributed by atoms with Crippen molar-refractivity contribution in [1.82, 2.24) is 15.6 Å². The zero-order chi connectivity index (χ0) is 18.7. The van der Waals surface area contributed by atoms with E-state index in [1.165, 1.54) is 35.6 Å². The molecule has 0 radical (unpaired) electrons. The molecular weight excluding hydrogens is 362 g/mol. The molecule has 2 aromatic rings. The Balaban J connectivity index is 2.10. The molecule has 2 amide bonds. The van der Waals surface area contributed by atoms with Crippen LogP contribution in [-0.4, -0.2) is 25.8 Å². The van der Waals surface area contributed by atoms with Crippen LogP contribution in [-0.2, 0) is 10.0 Å². The van der Waals surface area contributed by atoms with Gasteiger partial charge in [0, 0.05) is 11.1 Å². The molecule has 0 aliphatic carbocycles. The van der Waals surface area contributed by atoms with Crippen molar-refractivity contribution >= 4 is 33.2 Å². The van der Waals surface area contributed by atoms with Crippen molar-refractivity contribution in [2.45, 2.75) is 31.2 Å². The van der Waals surface area contributed by atoms with Gasteiger partial charge in [-0.3, -0.25) is 20.4 Å². The first kappa shape index (κ1) is 19.1. The van der Waals surface area contributed by atoms with Gasteiger partial charge in [0.05, 0.1) is 9.77 Å². The van der Waals surface area contributed by atoms with Crippen LogP contribution in [0.4, 0.5) is 0 Å². The number of sulfonamides is 1. The van der Waals surface area contributed by atoms with Gasteiger partial charge in [0.15, 0.2) is 0 Å². The fraction of sp³-hybridized carbons (Fsp3) is 0.250. The summed E-state index contributed by atoms with van der Waals surface area (Å²) in [5.41, 5.74) is 4.02. The van der Waals surface area contributed by atoms with Gasteiger partial charge >= 0.3 is 0 Å². The zero-order valence-corrected chi connectivity index (χ0v) is 15.6. The number of thiophene rings is 1. The monoisotopic (exact) mass is 381 g/mol. The molecule has 1 aromatic heterocycles. The lowest BCUT2D eigenvalue weighted by atomic mass is 10.1. The van der Waals surface area contributed by atoms with Gasteiger partial charge in [-0.1, -0.05) is 12.1 Å². The Morgan fingerprint density at radius 2 is 1.68 bits per heavy atom. The van der Waals surface area contributed by atoms with Crippen molar-refractivity contribution in [2.75, 3.05) is 0 Å². The molecule has 1 heterocycles. The van der Waals surface area contributed by atoms with Crippen LogP contribution in [0, 0.1) is 0 Å². The van der Waals surface area contributed by atoms with Crippen molar-refractivity contribution in [3.05, 3.63) is 52.2 Å². The van der Waals surface area contributed by atoms with E-state index in [4.69, 9.17) is 0 Å². The quantitative estimate of drug-likeness (QED) is 0.704. The van der Waals surface area contributed by atoms with Gasteiger partial charge in [-0.25, -0.2) is 13.1 Å². The number of hydrogen-bond donors (Lipinski definition) is 3. The fourth-order valence-corrected chi connectivity index (χ4v) is 4.00. The summed E-state index contributed by atoms with van der Waals surface area (Å²) in [6, 6.07) is 8.92. The van der Waals surface area contributed by atoms with E-state index < -0.39 is 27.4 Å². The summed E-state index contributed by atoms with van der Waals surface area (Å²) in [7, 11) is -3.76. The molecule has 0 spiro atoms. The van der Waals surface area contributed by atoms with Gasteiger partial charge < -0.3 is 0 Å². The van der Waals surface area contributed by atoms with Crippen LogP contribution in [0.15, 0.2) is 46.7 Å². The van der Waals surface area contributed by atoms with Crippen molar-refractivity contribution in [2.24, 2.45) is 0 Å². The number of carbonyl (C=O) groups excluding carboxylic acids is 2. The smallest absolute Gasteiger partial charge is 0.267 e. The first-order chi connectivity index (χ1) is 11.6. The van der Waals surface area contributed by atoms with Crippen LogP contribution in [0.2, 0.25) is 0 Å². The number of benzene rings is 1. The van der Waals surface area contributed by atoms with E-state index in [0.29, 0.717) is 4.88 Å². The Morgan fingerprint density at radius 1 is 1.00 bits per heavy atom. The van der Waals surface area contributed by atoms with Gasteiger partial charge in [-0.2, -0.15) is 0 Å². The molecule has 9 heteroatoms. The molecule has 0 aliphatic heterocycles. The Bertz CT molecular complexity index is 869. The minimum atomic E-state index is -3.76. The number of hydrazine groups is 1. The maximum atomic E-state index is 12.3. The highest BCUT2D eigenvalue weighted by atomic mass is 32.2. The average molecular weight is 381 g/mol. The second-order valence-corrected chi connectivity index (χ2v) is 8.90. The standard InChI is InChI=1S/C16H19N3O4S2/c1-16(2,3)19-25(22,23)12-7-4-6-11(10-12)14(20)17-18-15(21)13-8-5-9-24-13/h4-10,19H,1-3H3,(H,17,20)(H,18,21). The van der Waals surface area contributed by atoms with E-state index in [9.17, 15) is 18.0 Å². The molecular formula is C16H19N3O4S2. The molecule has 0 fully saturated rings. The molecule has 3 N–H and O–H groups in total. The third-order valence-electron chi connectivity index (χ3n) is 2.88. The molecule has 0 saturated carbocycles. The average Bonchev–Trinajstić information content (AvgIpc) is 3.04. The van der Waals surface area contributed by atoms with E-state index in [-0.39, 0.29) is 10.5 Å². The van der Waals surface area contributed by atoms with Gasteiger partial charge in [0.2, 0.25) is 10.0 Å². The summed E-state index contributed by atoms with van der Waals surface area (Å²) in [5, 5.41) is 1.74. The topological polar surface area (TPSA) is 104 Å². The maximum absolute atomic E-state index is 12.3. The molecule has 2 rings (SSSR count). The van der Waals surface area contributed by atoms with Crippen LogP contribution >= 0.6 is 11.3 Å². The van der Waals surface area contributed by atoms with E-state index >= 15 is 0 Å². The Kier molecular flexibility index (Phi) is 5.61. The molecule has 0 aliphatic rings. The minimum absolute atomic E-state index is 0.0281. The Labute approximate surface area is 150 Å². The molecule has 7 nitrogen and oxygen atoms in total. The van der Waals surface area contributed by atoms with E-state index in [0.717, 1.165) is 0 Å². The summed E-state index contributed by atoms with van der Waals surface area (Å²) in [5.74, 6) is -1.06. The number of hydrogen-bond acceptors (Lipinski definition) is 5. The SMILES string of the molecule is CC(C)(C)NS(=O)(=O)c1cccc(C(=O)NNC(=O)c2cccs2)c1. The molecule has 0 unspecified atom stereocenters. The van der Waals surface area contributed by atoms with Crippen molar-refractivity contribution in [3.63, 3.8) is 0 Å². The van der Waals surface area contributed by atoms with Gasteiger partial charge in [-0.15, -0.1) is 11.3 Å². The molecule has 0 saturated heterocycles. The summed E-state index contributed by atoms with van der Waals surface area (Å²) in [6.45, 7) is 5.17. The second-order valence-electron chi connectivity index (χ2n) is 6.27. The minimum Gasteiger partial charge on any atom is -0.267 e. The fourth-order valence-electron chi connectivity index (χ4n) is 1.92. The highest BCUT2D eigenvalue weighted by Gasteiger charge is 2.22. The summed E-state index contributed by atoms with van der Waals surface area (Å²) >= 11 is 1.24. The third-order valence-corrected chi connectivity index (χ3v) is 5.51. The van der Waals surface area contributed by atoms with Crippen LogP contribution in [0.3, 0.4) is 0 Å². The number of amides is 2. The van der Waals surface area contributed by atoms with Crippen LogP contribution in [0.5, 0.6) is 0 Å². The maximum Gasteiger partial charge on any atom is 0.279 e. The Morgan fingerprint density at radius 3 is 2.28 bits per heavy atom. The lowest BCUT2D eigenvalue weighted by Crippen LogP contribution is -2.42. The lowest BCUT2D eigenvalue weighted by Gasteiger charge is -2.20. The number of rotatable bonds is 4. The molecule has 25 heavy (non-hydrogen) atoms. The summed E-state index contributed by atoms with van der Waals surface area (Å²) in [4.78, 5) is 24.4. The van der Waals surface area contributed by atoms with Crippen molar-refractivity contribution in [1.29, 1.82) is 0 Å². The van der Waals surface area contributed by atoms with E-state index in [2.05, 4.69) is 15.6 Å². The van der Waals surface area contributed by atoms with Crippen LogP contribution in [0.1, 0.15) is 40.8 Å². The second kappa shape index (κ2) is 7.34. The highest BCUT2D eigenvalue weighted by Crippen LogP contribution is 2.14. The molecule has 134 valence electrons. The largest absolute Gasteiger partial charge is 0.279 e. The first-order valence-corrected chi connectivity index (χ1v) is 9.73. The summed E-state index contributed by atoms with van der Waals surface area (Å²) in [6.07, 6.45) is 0. The Hall–Kier alpha value is -2.23. The predicted molar refractivity (Wildman–Crippen MR) is 95.8 cm³/mol. The highest BCUT2D eigenvalue weighted by molar-refractivity contribution is 7.89. The van der Waals surface area contributed by atoms with E-state index in [1.54, 1.807) is 38.3 Å². The van der Waals surface area contributed by atoms with E-state index in [1.807, 2.05) is 0 Å². The van der Waals surface area contributed by atoms with Gasteiger partial charge in [-0.05, 0) is 50.4 Å². The number of nitrogens with one attached hydrogen (secondary N) is 3. The van der Waals surface area contributed by atoms with Crippen molar-refractivity contribution < 1.29 is 18.0 Å². The van der Waals surface area contributed by atoms with Crippen LogP contribution < -0.4 is 15.6 Å². The van der Waals surface area contributed by atoms with Gasteiger partial charge in [0.1, 0.15) is 0 Å². The number of carbonyl (C=O) groups is 2. The van der Waals surface area contributed by atoms with Gasteiger partial charge in [0.25, 0.3) is 11.8 Å². The molecule has 1 aromatic carbocycles. The normalized spacial score (nSPS) is 11.8. The molecule has 0 atom stereocenters. The summed E-state index contributed by atoms with van der Waals surface area (Å²) < 4.78 is 27.2. The lowest BCUT2D eigenvalue weighted by molar-refractivity contribution is 0.0849. The zero-order valence-electron chi connectivity index (χ0n) is 14.0. The molecule has 0 bridgehead atoms. The predicted octanol–water partition coefficient (Wildman–Crippen LogP) is 1.90. The van der Waals surface area contributed by atoms with Crippen molar-refractivity contribution in [3.8, 4) is 0 Å².